The van der Waals surface area contributed by atoms with Crippen molar-refractivity contribution in [3.05, 3.63) is 59.1 Å². The highest BCUT2D eigenvalue weighted by atomic mass is 35.5. The molecule has 0 saturated carbocycles. The van der Waals surface area contributed by atoms with Gasteiger partial charge in [-0.25, -0.2) is 0 Å². The maximum atomic E-state index is 12.3. The quantitative estimate of drug-likeness (QED) is 0.632. The number of likely N-dealkylation sites (N-methyl/N-ethyl adjacent to an activating group) is 1. The Balaban J connectivity index is 1.53. The molecule has 0 bridgehead atoms. The molecule has 1 aromatic heterocycles. The molecular weight excluding hydrogens is 426 g/mol. The molecule has 4 rings (SSSR count). The summed E-state index contributed by atoms with van der Waals surface area (Å²) in [4.78, 5) is 16.9. The van der Waals surface area contributed by atoms with Gasteiger partial charge < -0.3 is 19.6 Å². The van der Waals surface area contributed by atoms with Gasteiger partial charge in [-0.05, 0) is 44.3 Å². The lowest BCUT2D eigenvalue weighted by molar-refractivity contribution is 0.0948. The Morgan fingerprint density at radius 1 is 1.16 bits per heavy atom. The molecule has 2 heterocycles. The average Bonchev–Trinajstić information content (AvgIpc) is 3.30. The van der Waals surface area contributed by atoms with E-state index < -0.39 is 6.04 Å². The van der Waals surface area contributed by atoms with Crippen molar-refractivity contribution >= 4 is 23.2 Å². The summed E-state index contributed by atoms with van der Waals surface area (Å²) < 4.78 is 5.57. The average molecular weight is 450 g/mol. The third kappa shape index (κ3) is 4.77. The molecule has 1 aliphatic rings. The molecule has 1 amide bonds. The molecule has 1 unspecified atom stereocenters. The predicted octanol–water partition coefficient (Wildman–Crippen LogP) is 4.06. The second kappa shape index (κ2) is 9.43. The first-order valence-corrected chi connectivity index (χ1v) is 10.8. The number of carbonyl (C=O) groups excluding carboxylic acids is 1. The second-order valence-electron chi connectivity index (χ2n) is 7.94. The smallest absolute Gasteiger partial charge is 0.252 e. The largest absolute Gasteiger partial charge is 0.368 e. The van der Waals surface area contributed by atoms with Crippen LogP contribution in [0.5, 0.6) is 0 Å². The van der Waals surface area contributed by atoms with Crippen LogP contribution in [0.4, 0.5) is 5.69 Å². The summed E-state index contributed by atoms with van der Waals surface area (Å²) in [7, 11) is 2.12. The summed E-state index contributed by atoms with van der Waals surface area (Å²) >= 11 is 6.60. The highest BCUT2D eigenvalue weighted by Crippen LogP contribution is 2.33. The zero-order chi connectivity index (χ0) is 22.7. The molecule has 1 atom stereocenters. The van der Waals surface area contributed by atoms with Crippen LogP contribution >= 0.6 is 11.6 Å². The number of hydrogen-bond donors (Lipinski definition) is 1. The van der Waals surface area contributed by atoms with Crippen molar-refractivity contribution in [1.82, 2.24) is 15.4 Å². The Labute approximate surface area is 192 Å². The van der Waals surface area contributed by atoms with E-state index in [1.165, 1.54) is 0 Å². The number of benzene rings is 2. The van der Waals surface area contributed by atoms with E-state index in [1.807, 2.05) is 36.4 Å². The molecule has 0 spiro atoms. The maximum Gasteiger partial charge on any atom is 0.252 e. The highest BCUT2D eigenvalue weighted by Gasteiger charge is 2.18. The summed E-state index contributed by atoms with van der Waals surface area (Å²) in [5.41, 5.74) is 3.67. The van der Waals surface area contributed by atoms with Crippen LogP contribution in [0.25, 0.3) is 22.6 Å². The number of hydrogen-bond acceptors (Lipinski definition) is 6. The number of amides is 1. The maximum absolute atomic E-state index is 12.3. The summed E-state index contributed by atoms with van der Waals surface area (Å²) in [5.74, 6) is 0.288. The number of carbonyl (C=O) groups is 1. The second-order valence-corrected chi connectivity index (χ2v) is 8.35. The Bertz CT molecular complexity index is 1160. The number of nitrogens with one attached hydrogen (secondary N) is 1. The Kier molecular flexibility index (Phi) is 6.45. The Morgan fingerprint density at radius 3 is 2.66 bits per heavy atom. The fraction of sp³-hybridized carbons (Fsp3) is 0.292. The van der Waals surface area contributed by atoms with Crippen LogP contribution in [-0.4, -0.2) is 55.2 Å². The van der Waals surface area contributed by atoms with Crippen molar-refractivity contribution in [3.8, 4) is 28.7 Å². The van der Waals surface area contributed by atoms with Gasteiger partial charge >= 0.3 is 0 Å². The Hall–Kier alpha value is -3.34. The molecule has 1 fully saturated rings. The van der Waals surface area contributed by atoms with Crippen molar-refractivity contribution in [2.75, 3.05) is 38.1 Å². The van der Waals surface area contributed by atoms with E-state index in [0.717, 1.165) is 43.0 Å². The van der Waals surface area contributed by atoms with Crippen molar-refractivity contribution in [3.63, 3.8) is 0 Å². The van der Waals surface area contributed by atoms with E-state index >= 15 is 0 Å². The zero-order valence-electron chi connectivity index (χ0n) is 18.0. The molecule has 1 N–H and O–H groups in total. The van der Waals surface area contributed by atoms with Gasteiger partial charge in [0, 0.05) is 48.9 Å². The van der Waals surface area contributed by atoms with E-state index in [-0.39, 0.29) is 5.91 Å². The summed E-state index contributed by atoms with van der Waals surface area (Å²) in [5, 5.41) is 16.4. The molecule has 0 radical (unpaired) electrons. The lowest BCUT2D eigenvalue weighted by Gasteiger charge is -2.34. The van der Waals surface area contributed by atoms with Crippen LogP contribution in [0.15, 0.2) is 53.1 Å². The van der Waals surface area contributed by atoms with Gasteiger partial charge in [0.05, 0.1) is 16.8 Å². The number of halogens is 1. The minimum absolute atomic E-state index is 0.309. The normalized spacial score (nSPS) is 15.2. The number of aromatic nitrogens is 1. The molecule has 3 aromatic rings. The van der Waals surface area contributed by atoms with Crippen molar-refractivity contribution < 1.29 is 9.32 Å². The molecule has 7 nitrogen and oxygen atoms in total. The zero-order valence-corrected chi connectivity index (χ0v) is 18.8. The summed E-state index contributed by atoms with van der Waals surface area (Å²) in [6.07, 6.45) is 0. The summed E-state index contributed by atoms with van der Waals surface area (Å²) in [6, 6.07) is 16.2. The number of nitriles is 1. The minimum atomic E-state index is -0.566. The molecule has 8 heteroatoms. The molecular formula is C24H24ClN5O2. The van der Waals surface area contributed by atoms with Gasteiger partial charge in [-0.1, -0.05) is 28.9 Å². The first-order valence-electron chi connectivity index (χ1n) is 10.5. The first kappa shape index (κ1) is 21.9. The molecule has 32 heavy (non-hydrogen) atoms. The predicted molar refractivity (Wildman–Crippen MR) is 125 cm³/mol. The van der Waals surface area contributed by atoms with Gasteiger partial charge in [-0.15, -0.1) is 0 Å². The van der Waals surface area contributed by atoms with Gasteiger partial charge in [0.25, 0.3) is 5.91 Å². The lowest BCUT2D eigenvalue weighted by atomic mass is 10.1. The van der Waals surface area contributed by atoms with Crippen LogP contribution < -0.4 is 10.2 Å². The molecule has 1 aliphatic heterocycles. The third-order valence-electron chi connectivity index (χ3n) is 5.55. The van der Waals surface area contributed by atoms with Gasteiger partial charge in [0.15, 0.2) is 5.76 Å². The molecule has 2 aromatic carbocycles. The number of anilines is 1. The molecule has 1 saturated heterocycles. The minimum Gasteiger partial charge on any atom is -0.368 e. The van der Waals surface area contributed by atoms with Crippen LogP contribution in [0.2, 0.25) is 5.02 Å². The monoisotopic (exact) mass is 449 g/mol. The Morgan fingerprint density at radius 2 is 1.94 bits per heavy atom. The first-order chi connectivity index (χ1) is 15.4. The van der Waals surface area contributed by atoms with Crippen LogP contribution in [0.1, 0.15) is 17.3 Å². The SMILES string of the molecule is CC(C#N)NC(=O)c1cccc(-c2cc(-c3ccc(N4CCN(C)CC4)c(Cl)c3)on2)c1. The van der Waals surface area contributed by atoms with Gasteiger partial charge in [0.2, 0.25) is 0 Å². The van der Waals surface area contributed by atoms with Crippen molar-refractivity contribution in [2.24, 2.45) is 0 Å². The molecule has 164 valence electrons. The van der Waals surface area contributed by atoms with Crippen LogP contribution in [0, 0.1) is 11.3 Å². The van der Waals surface area contributed by atoms with Crippen molar-refractivity contribution in [2.45, 2.75) is 13.0 Å². The molecule has 0 aliphatic carbocycles. The highest BCUT2D eigenvalue weighted by molar-refractivity contribution is 6.33. The topological polar surface area (TPSA) is 85.4 Å². The van der Waals surface area contributed by atoms with E-state index in [0.29, 0.717) is 22.0 Å². The fourth-order valence-corrected chi connectivity index (χ4v) is 3.94. The third-order valence-corrected chi connectivity index (χ3v) is 5.85. The number of piperazine rings is 1. The van der Waals surface area contributed by atoms with E-state index in [9.17, 15) is 4.79 Å². The van der Waals surface area contributed by atoms with Gasteiger partial charge in [-0.3, -0.25) is 4.79 Å². The van der Waals surface area contributed by atoms with Crippen molar-refractivity contribution in [1.29, 1.82) is 5.26 Å². The lowest BCUT2D eigenvalue weighted by Crippen LogP contribution is -2.44. The number of rotatable bonds is 5. The van der Waals surface area contributed by atoms with E-state index in [2.05, 4.69) is 27.3 Å². The fourth-order valence-electron chi connectivity index (χ4n) is 3.64. The standard InChI is InChI=1S/C24H24ClN5O2/c1-16(15-26)27-24(31)19-5-3-4-17(12-19)21-14-23(32-28-21)18-6-7-22(20(25)13-18)30-10-8-29(2)9-11-30/h3-7,12-14,16H,8-11H2,1-2H3,(H,27,31). The number of nitrogens with zero attached hydrogens (tertiary/aromatic N) is 4. The van der Waals surface area contributed by atoms with Crippen LogP contribution in [-0.2, 0) is 0 Å². The van der Waals surface area contributed by atoms with Gasteiger partial charge in [0.1, 0.15) is 11.7 Å². The summed E-state index contributed by atoms with van der Waals surface area (Å²) in [6.45, 7) is 5.54. The van der Waals surface area contributed by atoms with Gasteiger partial charge in [-0.2, -0.15) is 5.26 Å². The van der Waals surface area contributed by atoms with E-state index in [1.54, 1.807) is 25.1 Å². The van der Waals surface area contributed by atoms with E-state index in [4.69, 9.17) is 21.4 Å². The van der Waals surface area contributed by atoms with Crippen LogP contribution in [0.3, 0.4) is 0 Å².